The van der Waals surface area contributed by atoms with E-state index in [9.17, 15) is 0 Å². The number of ether oxygens (including phenoxy) is 1. The van der Waals surface area contributed by atoms with Crippen molar-refractivity contribution in [3.63, 3.8) is 0 Å². The quantitative estimate of drug-likeness (QED) is 0.643. The zero-order valence-corrected chi connectivity index (χ0v) is 16.1. The molecule has 150 valence electrons. The topological polar surface area (TPSA) is 118 Å². The van der Waals surface area contributed by atoms with E-state index in [0.717, 1.165) is 56.3 Å². The number of nitrogen functional groups attached to an aromatic ring is 1. The molecule has 0 saturated carbocycles. The Hall–Kier alpha value is -3.11. The maximum absolute atomic E-state index is 5.90. The van der Waals surface area contributed by atoms with Gasteiger partial charge in [-0.15, -0.1) is 0 Å². The Morgan fingerprint density at radius 1 is 0.897 bits per heavy atom. The second-order valence-electron chi connectivity index (χ2n) is 7.07. The van der Waals surface area contributed by atoms with Crippen molar-refractivity contribution in [1.29, 1.82) is 0 Å². The number of aromatic nitrogens is 5. The largest absolute Gasteiger partial charge is 0.378 e. The van der Waals surface area contributed by atoms with Gasteiger partial charge in [-0.1, -0.05) is 0 Å². The van der Waals surface area contributed by atoms with Crippen LogP contribution in [0.2, 0.25) is 0 Å². The fourth-order valence-electron chi connectivity index (χ4n) is 3.66. The van der Waals surface area contributed by atoms with Gasteiger partial charge in [-0.25, -0.2) is 15.0 Å². The zero-order chi connectivity index (χ0) is 19.6. The van der Waals surface area contributed by atoms with E-state index >= 15 is 0 Å². The first-order valence-electron chi connectivity index (χ1n) is 9.83. The minimum absolute atomic E-state index is 0.197. The molecule has 3 aromatic rings. The molecular formula is C19H23N9O. The van der Waals surface area contributed by atoms with Crippen LogP contribution in [0.15, 0.2) is 24.5 Å². The van der Waals surface area contributed by atoms with Gasteiger partial charge in [0, 0.05) is 51.0 Å². The van der Waals surface area contributed by atoms with Gasteiger partial charge in [0.05, 0.1) is 25.1 Å². The predicted molar refractivity (Wildman–Crippen MR) is 111 cm³/mol. The number of morpholine rings is 1. The van der Waals surface area contributed by atoms with E-state index in [2.05, 4.69) is 35.1 Å². The Morgan fingerprint density at radius 3 is 2.48 bits per heavy atom. The van der Waals surface area contributed by atoms with Crippen molar-refractivity contribution in [2.45, 2.75) is 0 Å². The summed E-state index contributed by atoms with van der Waals surface area (Å²) in [5.74, 6) is 1.88. The molecular weight excluding hydrogens is 370 g/mol. The van der Waals surface area contributed by atoms with Gasteiger partial charge in [0.2, 0.25) is 5.95 Å². The molecule has 5 rings (SSSR count). The molecule has 0 bridgehead atoms. The average molecular weight is 393 g/mol. The third-order valence-corrected chi connectivity index (χ3v) is 5.20. The van der Waals surface area contributed by atoms with Crippen LogP contribution in [0.3, 0.4) is 0 Å². The van der Waals surface area contributed by atoms with Crippen molar-refractivity contribution in [3.05, 3.63) is 24.5 Å². The van der Waals surface area contributed by atoms with Gasteiger partial charge in [0.15, 0.2) is 17.0 Å². The molecule has 2 aliphatic rings. The van der Waals surface area contributed by atoms with Gasteiger partial charge in [0.25, 0.3) is 0 Å². The fraction of sp³-hybridized carbons (Fsp3) is 0.421. The van der Waals surface area contributed by atoms with Gasteiger partial charge >= 0.3 is 0 Å². The summed E-state index contributed by atoms with van der Waals surface area (Å²) in [6.45, 7) is 6.65. The fourth-order valence-corrected chi connectivity index (χ4v) is 3.66. The van der Waals surface area contributed by atoms with Crippen LogP contribution in [-0.2, 0) is 4.74 Å². The second-order valence-corrected chi connectivity index (χ2v) is 7.07. The van der Waals surface area contributed by atoms with Crippen LogP contribution in [0, 0.1) is 0 Å². The van der Waals surface area contributed by atoms with Crippen LogP contribution in [0.5, 0.6) is 0 Å². The monoisotopic (exact) mass is 393 g/mol. The van der Waals surface area contributed by atoms with E-state index in [1.165, 1.54) is 0 Å². The van der Waals surface area contributed by atoms with Gasteiger partial charge < -0.3 is 25.6 Å². The number of nitrogens with one attached hydrogen (secondary N) is 1. The summed E-state index contributed by atoms with van der Waals surface area (Å²) in [7, 11) is 0. The summed E-state index contributed by atoms with van der Waals surface area (Å²) in [6, 6.07) is 4.07. The van der Waals surface area contributed by atoms with E-state index in [1.807, 2.05) is 18.3 Å². The van der Waals surface area contributed by atoms with Crippen LogP contribution < -0.4 is 20.9 Å². The highest BCUT2D eigenvalue weighted by Gasteiger charge is 2.19. The first kappa shape index (κ1) is 18.0. The molecule has 29 heavy (non-hydrogen) atoms. The summed E-state index contributed by atoms with van der Waals surface area (Å²) < 4.78 is 5.45. The lowest BCUT2D eigenvalue weighted by atomic mass is 10.2. The highest BCUT2D eigenvalue weighted by molar-refractivity contribution is 5.85. The average Bonchev–Trinajstić information content (AvgIpc) is 2.79. The summed E-state index contributed by atoms with van der Waals surface area (Å²) >= 11 is 0. The van der Waals surface area contributed by atoms with Crippen LogP contribution in [0.1, 0.15) is 0 Å². The number of piperazine rings is 1. The van der Waals surface area contributed by atoms with E-state index in [0.29, 0.717) is 30.2 Å². The lowest BCUT2D eigenvalue weighted by Crippen LogP contribution is -2.43. The Kier molecular flexibility index (Phi) is 4.78. The number of fused-ring (bicyclic) bond motifs is 1. The minimum atomic E-state index is 0.197. The predicted octanol–water partition coefficient (Wildman–Crippen LogP) is 0.310. The molecule has 0 atom stereocenters. The third kappa shape index (κ3) is 3.64. The Balaban J connectivity index is 1.49. The van der Waals surface area contributed by atoms with E-state index in [4.69, 9.17) is 15.5 Å². The molecule has 2 aliphatic heterocycles. The van der Waals surface area contributed by atoms with Crippen molar-refractivity contribution in [3.8, 4) is 11.3 Å². The number of nitrogens with zero attached hydrogens (tertiary/aromatic N) is 7. The number of rotatable bonds is 3. The summed E-state index contributed by atoms with van der Waals surface area (Å²) in [6.07, 6.45) is 3.55. The molecule has 0 unspecified atom stereocenters. The summed E-state index contributed by atoms with van der Waals surface area (Å²) in [5, 5.41) is 3.35. The molecule has 3 N–H and O–H groups in total. The second kappa shape index (κ2) is 7.72. The number of pyridine rings is 1. The normalized spacial score (nSPS) is 17.7. The van der Waals surface area contributed by atoms with Gasteiger partial charge in [-0.05, 0) is 12.1 Å². The van der Waals surface area contributed by atoms with Gasteiger partial charge in [-0.3, -0.25) is 0 Å². The molecule has 5 heterocycles. The summed E-state index contributed by atoms with van der Waals surface area (Å²) in [4.78, 5) is 27.0. The SMILES string of the molecule is Nc1nc(N2CCOCC2)c2nc(-c3ccc(N4CCNCC4)nc3)cnc2n1. The Labute approximate surface area is 168 Å². The number of nitrogens with two attached hydrogens (primary N) is 1. The van der Waals surface area contributed by atoms with Crippen molar-refractivity contribution in [2.75, 3.05) is 68.0 Å². The van der Waals surface area contributed by atoms with Crippen molar-refractivity contribution in [2.24, 2.45) is 0 Å². The molecule has 0 aromatic carbocycles. The minimum Gasteiger partial charge on any atom is -0.378 e. The molecule has 2 saturated heterocycles. The van der Waals surface area contributed by atoms with Gasteiger partial charge in [0.1, 0.15) is 5.82 Å². The first-order chi connectivity index (χ1) is 14.3. The highest BCUT2D eigenvalue weighted by Crippen LogP contribution is 2.26. The lowest BCUT2D eigenvalue weighted by molar-refractivity contribution is 0.122. The molecule has 10 heteroatoms. The maximum atomic E-state index is 5.90. The van der Waals surface area contributed by atoms with E-state index in [1.54, 1.807) is 6.20 Å². The first-order valence-corrected chi connectivity index (χ1v) is 9.83. The molecule has 10 nitrogen and oxygen atoms in total. The molecule has 0 amide bonds. The zero-order valence-electron chi connectivity index (χ0n) is 16.1. The number of hydrogen-bond acceptors (Lipinski definition) is 10. The standard InChI is InChI=1S/C19H23N9O/c20-19-25-17-16(18(26-19)28-7-9-29-10-8-28)24-14(12-23-17)13-1-2-15(22-11-13)27-5-3-21-4-6-27/h1-2,11-12,21H,3-10H2,(H2,20,23,25,26). The summed E-state index contributed by atoms with van der Waals surface area (Å²) in [5.41, 5.74) is 8.68. The molecule has 2 fully saturated rings. The van der Waals surface area contributed by atoms with Crippen molar-refractivity contribution >= 4 is 28.7 Å². The van der Waals surface area contributed by atoms with Crippen LogP contribution in [0.25, 0.3) is 22.4 Å². The maximum Gasteiger partial charge on any atom is 0.224 e. The van der Waals surface area contributed by atoms with Crippen LogP contribution >= 0.6 is 0 Å². The smallest absolute Gasteiger partial charge is 0.224 e. The van der Waals surface area contributed by atoms with Crippen molar-refractivity contribution < 1.29 is 4.74 Å². The molecule has 0 radical (unpaired) electrons. The third-order valence-electron chi connectivity index (χ3n) is 5.20. The Bertz CT molecular complexity index is 998. The van der Waals surface area contributed by atoms with E-state index in [-0.39, 0.29) is 5.95 Å². The highest BCUT2D eigenvalue weighted by atomic mass is 16.5. The molecule has 0 spiro atoms. The van der Waals surface area contributed by atoms with E-state index < -0.39 is 0 Å². The Morgan fingerprint density at radius 2 is 1.72 bits per heavy atom. The van der Waals surface area contributed by atoms with Gasteiger partial charge in [-0.2, -0.15) is 9.97 Å². The van der Waals surface area contributed by atoms with Crippen LogP contribution in [-0.4, -0.2) is 77.4 Å². The molecule has 3 aromatic heterocycles. The van der Waals surface area contributed by atoms with Crippen LogP contribution in [0.4, 0.5) is 17.6 Å². The number of anilines is 3. The lowest BCUT2D eigenvalue weighted by Gasteiger charge is -2.28. The molecule has 0 aliphatic carbocycles. The number of hydrogen-bond donors (Lipinski definition) is 2. The van der Waals surface area contributed by atoms with Crippen molar-refractivity contribution in [1.82, 2.24) is 30.2 Å².